The molecule has 4 aromatic carbocycles. The van der Waals surface area contributed by atoms with Crippen molar-refractivity contribution in [3.05, 3.63) is 121 Å². The van der Waals surface area contributed by atoms with Crippen molar-refractivity contribution in [3.63, 3.8) is 0 Å². The minimum atomic E-state index is -4.45. The Labute approximate surface area is 184 Å². The van der Waals surface area contributed by atoms with Gasteiger partial charge in [-0.25, -0.2) is 0 Å². The van der Waals surface area contributed by atoms with Crippen molar-refractivity contribution in [3.8, 4) is 0 Å². The number of rotatable bonds is 7. The first-order valence-electron chi connectivity index (χ1n) is 9.71. The minimum Gasteiger partial charge on any atom is -0.183 e. The van der Waals surface area contributed by atoms with Gasteiger partial charge in [-0.2, -0.15) is 14.0 Å². The lowest BCUT2D eigenvalue weighted by Gasteiger charge is -2.27. The average Bonchev–Trinajstić information content (AvgIpc) is 2.81. The monoisotopic (exact) mass is 451 g/mol. The van der Waals surface area contributed by atoms with Crippen LogP contribution in [0.5, 0.6) is 0 Å². The van der Waals surface area contributed by atoms with Crippen molar-refractivity contribution in [1.82, 2.24) is 0 Å². The molecule has 0 aliphatic carbocycles. The summed E-state index contributed by atoms with van der Waals surface area (Å²) in [6.07, 6.45) is 0. The number of hydrogen-bond acceptors (Lipinski definition) is 4. The molecule has 0 aromatic heterocycles. The largest absolute Gasteiger partial charge is 0.228 e. The first kappa shape index (κ1) is 21.7. The highest BCUT2D eigenvalue weighted by Crippen LogP contribution is 2.54. The zero-order valence-electron chi connectivity index (χ0n) is 16.6. The molecular formula is C25H21ClO4P+. The lowest BCUT2D eigenvalue weighted by atomic mass is 10.2. The van der Waals surface area contributed by atoms with E-state index in [1.807, 2.05) is 42.5 Å². The fourth-order valence-corrected chi connectivity index (χ4v) is 8.30. The molecule has 0 aliphatic rings. The van der Waals surface area contributed by atoms with E-state index in [0.29, 0.717) is 5.56 Å². The van der Waals surface area contributed by atoms with E-state index in [-0.39, 0.29) is 6.61 Å². The molecule has 6 heteroatoms. The van der Waals surface area contributed by atoms with Gasteiger partial charge in [0, 0.05) is 0 Å². The zero-order valence-corrected chi connectivity index (χ0v) is 18.3. The van der Waals surface area contributed by atoms with E-state index in [9.17, 15) is 14.0 Å². The van der Waals surface area contributed by atoms with E-state index < -0.39 is 17.5 Å². The second kappa shape index (κ2) is 9.29. The summed E-state index contributed by atoms with van der Waals surface area (Å²) in [5.41, 5.74) is 0.614. The summed E-state index contributed by atoms with van der Waals surface area (Å²) in [5, 5.41) is 4.79. The summed E-state index contributed by atoms with van der Waals surface area (Å²) >= 11 is 0. The van der Waals surface area contributed by atoms with Crippen LogP contribution in [0.25, 0.3) is 0 Å². The Morgan fingerprint density at radius 1 is 0.516 bits per heavy atom. The second-order valence-electron chi connectivity index (χ2n) is 6.98. The van der Waals surface area contributed by atoms with E-state index >= 15 is 0 Å². The Hall–Kier alpha value is -2.56. The van der Waals surface area contributed by atoms with Crippen molar-refractivity contribution in [2.45, 2.75) is 6.61 Å². The van der Waals surface area contributed by atoms with E-state index in [0.717, 1.165) is 5.30 Å². The van der Waals surface area contributed by atoms with Gasteiger partial charge in [0.15, 0.2) is 0 Å². The van der Waals surface area contributed by atoms with E-state index in [1.54, 1.807) is 0 Å². The van der Waals surface area contributed by atoms with Gasteiger partial charge < -0.3 is 0 Å². The second-order valence-corrected chi connectivity index (χ2v) is 11.4. The van der Waals surface area contributed by atoms with Crippen LogP contribution in [0.2, 0.25) is 0 Å². The molecule has 0 fully saturated rings. The van der Waals surface area contributed by atoms with Crippen LogP contribution in [0.15, 0.2) is 115 Å². The molecule has 4 rings (SSSR count). The SMILES string of the molecule is [O-][Cl+3]([O-])([O-])OCc1ccc([P+](c2ccccc2)(c2ccccc2)c2ccccc2)cc1. The van der Waals surface area contributed by atoms with Gasteiger partial charge in [0.25, 0.3) is 0 Å². The van der Waals surface area contributed by atoms with Crippen molar-refractivity contribution in [2.75, 3.05) is 0 Å². The summed E-state index contributed by atoms with van der Waals surface area (Å²) in [7, 11) is -6.65. The molecule has 0 heterocycles. The fraction of sp³-hybridized carbons (Fsp3) is 0.0400. The molecule has 4 aromatic rings. The van der Waals surface area contributed by atoms with Gasteiger partial charge in [-0.3, -0.25) is 0 Å². The van der Waals surface area contributed by atoms with Gasteiger partial charge in [0.05, 0.1) is 14.5 Å². The quantitative estimate of drug-likeness (QED) is 0.388. The van der Waals surface area contributed by atoms with Crippen LogP contribution in [-0.4, -0.2) is 0 Å². The molecule has 0 unspecified atom stereocenters. The molecule has 0 radical (unpaired) electrons. The molecule has 4 nitrogen and oxygen atoms in total. The minimum absolute atomic E-state index is 0.291. The van der Waals surface area contributed by atoms with E-state index in [1.165, 1.54) is 15.9 Å². The van der Waals surface area contributed by atoms with E-state index in [4.69, 9.17) is 0 Å². The van der Waals surface area contributed by atoms with Crippen molar-refractivity contribution >= 4 is 28.5 Å². The van der Waals surface area contributed by atoms with Crippen LogP contribution in [0.4, 0.5) is 0 Å². The molecule has 0 bridgehead atoms. The summed E-state index contributed by atoms with van der Waals surface area (Å²) in [6.45, 7) is -0.291. The predicted octanol–water partition coefficient (Wildman–Crippen LogP) is 0.720. The van der Waals surface area contributed by atoms with Crippen molar-refractivity contribution < 1.29 is 28.5 Å². The number of hydrogen-bond donors (Lipinski definition) is 0. The summed E-state index contributed by atoms with van der Waals surface area (Å²) in [6, 6.07) is 39.0. The fourth-order valence-electron chi connectivity index (χ4n) is 3.79. The first-order chi connectivity index (χ1) is 15.0. The molecular weight excluding hydrogens is 431 g/mol. The average molecular weight is 452 g/mol. The topological polar surface area (TPSA) is 78.4 Å². The molecule has 0 saturated heterocycles. The summed E-state index contributed by atoms with van der Waals surface area (Å²) in [5.74, 6) is 0. The lowest BCUT2D eigenvalue weighted by molar-refractivity contribution is -1.92. The summed E-state index contributed by atoms with van der Waals surface area (Å²) in [4.78, 5) is 0. The van der Waals surface area contributed by atoms with Gasteiger partial charge in [-0.05, 0) is 54.1 Å². The standard InChI is InChI=1S/C25H21ClO4P/c27-26(28,29)30-20-21-16-18-25(19-17-21)31(22-10-4-1-5-11-22,23-12-6-2-7-13-23)24-14-8-3-9-15-24/h1-19H,20H2/q+1. The van der Waals surface area contributed by atoms with Gasteiger partial charge >= 0.3 is 0 Å². The highest BCUT2D eigenvalue weighted by Gasteiger charge is 2.47. The van der Waals surface area contributed by atoms with Crippen molar-refractivity contribution in [1.29, 1.82) is 0 Å². The van der Waals surface area contributed by atoms with Crippen LogP contribution in [0.3, 0.4) is 0 Å². The molecule has 0 spiro atoms. The maximum Gasteiger partial charge on any atom is 0.228 e. The maximum atomic E-state index is 10.8. The van der Waals surface area contributed by atoms with Gasteiger partial charge in [-0.1, -0.05) is 66.7 Å². The number of halogens is 1. The molecule has 0 atom stereocenters. The molecule has 0 saturated carbocycles. The van der Waals surface area contributed by atoms with Gasteiger partial charge in [0.1, 0.15) is 28.5 Å². The van der Waals surface area contributed by atoms with Crippen molar-refractivity contribution in [2.24, 2.45) is 0 Å². The van der Waals surface area contributed by atoms with Crippen LogP contribution in [0.1, 0.15) is 5.56 Å². The number of benzene rings is 4. The highest BCUT2D eigenvalue weighted by atomic mass is 35.7. The third-order valence-electron chi connectivity index (χ3n) is 5.11. The molecule has 31 heavy (non-hydrogen) atoms. The smallest absolute Gasteiger partial charge is 0.183 e. The maximum absolute atomic E-state index is 10.8. The third kappa shape index (κ3) is 4.70. The molecule has 0 aliphatic heterocycles. The van der Waals surface area contributed by atoms with Crippen LogP contribution < -0.4 is 35.2 Å². The first-order valence-corrected chi connectivity index (χ1v) is 12.7. The van der Waals surface area contributed by atoms with Crippen LogP contribution >= 0.6 is 7.26 Å². The van der Waals surface area contributed by atoms with Crippen LogP contribution in [-0.2, 0) is 10.9 Å². The normalized spacial score (nSPS) is 12.0. The highest BCUT2D eigenvalue weighted by molar-refractivity contribution is 8.01. The van der Waals surface area contributed by atoms with Gasteiger partial charge in [-0.15, -0.1) is 0 Å². The Morgan fingerprint density at radius 2 is 0.871 bits per heavy atom. The van der Waals surface area contributed by atoms with Crippen LogP contribution in [0, 0.1) is 10.2 Å². The Morgan fingerprint density at radius 3 is 1.23 bits per heavy atom. The third-order valence-corrected chi connectivity index (χ3v) is 9.78. The summed E-state index contributed by atoms with van der Waals surface area (Å²) < 4.78 is 36.7. The zero-order chi connectivity index (χ0) is 21.7. The Kier molecular flexibility index (Phi) is 6.49. The Balaban J connectivity index is 1.91. The molecule has 156 valence electrons. The Bertz CT molecular complexity index is 1000. The van der Waals surface area contributed by atoms with E-state index in [2.05, 4.69) is 77.1 Å². The molecule has 0 amide bonds. The predicted molar refractivity (Wildman–Crippen MR) is 116 cm³/mol. The van der Waals surface area contributed by atoms with Gasteiger partial charge in [0.2, 0.25) is 6.61 Å². The molecule has 0 N–H and O–H groups in total. The lowest BCUT2D eigenvalue weighted by Crippen LogP contribution is -2.60.